The molecule has 3 aliphatic heterocycles. The minimum absolute atomic E-state index is 0.0184. The van der Waals surface area contributed by atoms with Crippen LogP contribution >= 0.6 is 0 Å². The maximum absolute atomic E-state index is 6.06. The van der Waals surface area contributed by atoms with Crippen molar-refractivity contribution in [2.45, 2.75) is 13.0 Å². The van der Waals surface area contributed by atoms with Gasteiger partial charge < -0.3 is 14.3 Å². The molecule has 5 rings (SSSR count). The lowest BCUT2D eigenvalue weighted by Crippen LogP contribution is -2.50. The Hall–Kier alpha value is -2.83. The maximum Gasteiger partial charge on any atom is 0.151 e. The molecule has 0 N–H and O–H groups in total. The third-order valence-corrected chi connectivity index (χ3v) is 6.75. The van der Waals surface area contributed by atoms with Crippen molar-refractivity contribution in [3.8, 4) is 11.5 Å². The Morgan fingerprint density at radius 2 is 1.91 bits per heavy atom. The van der Waals surface area contributed by atoms with Crippen LogP contribution < -0.4 is 9.47 Å². The fourth-order valence-electron chi connectivity index (χ4n) is 4.95. The summed E-state index contributed by atoms with van der Waals surface area (Å²) in [5, 5.41) is 4.46. The minimum Gasteiger partial charge on any atom is -0.496 e. The Morgan fingerprint density at radius 3 is 2.67 bits per heavy atom. The first kappa shape index (κ1) is 22.0. The van der Waals surface area contributed by atoms with E-state index in [0.29, 0.717) is 6.61 Å². The van der Waals surface area contributed by atoms with Gasteiger partial charge in [-0.2, -0.15) is 0 Å². The Balaban J connectivity index is 1.15. The molecule has 2 atom stereocenters. The molecule has 1 radical (unpaired) electrons. The van der Waals surface area contributed by atoms with Crippen LogP contribution in [0, 0.1) is 12.8 Å². The molecule has 0 aromatic heterocycles. The number of benzene rings is 2. The van der Waals surface area contributed by atoms with E-state index in [1.165, 1.54) is 11.1 Å². The zero-order chi connectivity index (χ0) is 22.8. The van der Waals surface area contributed by atoms with Gasteiger partial charge in [0.15, 0.2) is 6.10 Å². The van der Waals surface area contributed by atoms with Crippen molar-refractivity contribution in [3.63, 3.8) is 0 Å². The Labute approximate surface area is 196 Å². The lowest BCUT2D eigenvalue weighted by atomic mass is 9.89. The highest BCUT2D eigenvalue weighted by Crippen LogP contribution is 2.37. The van der Waals surface area contributed by atoms with Gasteiger partial charge in [-0.05, 0) is 37.1 Å². The number of nitrogens with zero attached hydrogens (tertiary/aromatic N) is 3. The second-order valence-electron chi connectivity index (χ2n) is 9.18. The summed E-state index contributed by atoms with van der Waals surface area (Å²) in [6, 6.07) is 14.4. The van der Waals surface area contributed by atoms with Crippen molar-refractivity contribution in [1.82, 2.24) is 9.80 Å². The minimum atomic E-state index is 0.0184. The third-order valence-electron chi connectivity index (χ3n) is 6.75. The van der Waals surface area contributed by atoms with Gasteiger partial charge in [0, 0.05) is 44.8 Å². The van der Waals surface area contributed by atoms with Gasteiger partial charge in [0.1, 0.15) is 23.8 Å². The number of hydrogen-bond acceptors (Lipinski definition) is 6. The third kappa shape index (κ3) is 4.77. The molecule has 1 fully saturated rings. The largest absolute Gasteiger partial charge is 0.496 e. The number of rotatable bonds is 6. The van der Waals surface area contributed by atoms with Crippen LogP contribution in [0.4, 0.5) is 0 Å². The van der Waals surface area contributed by atoms with Gasteiger partial charge in [-0.15, -0.1) is 0 Å². The molecule has 0 bridgehead atoms. The molecule has 0 amide bonds. The van der Waals surface area contributed by atoms with Crippen LogP contribution in [0.25, 0.3) is 6.08 Å². The average Bonchev–Trinajstić information content (AvgIpc) is 3.23. The summed E-state index contributed by atoms with van der Waals surface area (Å²) in [5.74, 6) is 1.71. The molecule has 33 heavy (non-hydrogen) atoms. The average molecular weight is 447 g/mol. The van der Waals surface area contributed by atoms with Crippen molar-refractivity contribution in [1.29, 1.82) is 0 Å². The first-order valence-electron chi connectivity index (χ1n) is 11.7. The molecule has 2 aromatic rings. The molecule has 0 spiro atoms. The normalized spacial score (nSPS) is 23.2. The lowest BCUT2D eigenvalue weighted by Gasteiger charge is -2.36. The second kappa shape index (κ2) is 9.57. The van der Waals surface area contributed by atoms with E-state index in [4.69, 9.17) is 14.3 Å². The summed E-state index contributed by atoms with van der Waals surface area (Å²) >= 11 is 0. The Kier molecular flexibility index (Phi) is 6.38. The van der Waals surface area contributed by atoms with Crippen LogP contribution in [-0.2, 0) is 4.84 Å². The van der Waals surface area contributed by atoms with Crippen LogP contribution in [0.15, 0.2) is 53.2 Å². The second-order valence-corrected chi connectivity index (χ2v) is 9.18. The number of fused-ring (bicyclic) bond motifs is 3. The van der Waals surface area contributed by atoms with E-state index in [0.717, 1.165) is 67.6 Å². The van der Waals surface area contributed by atoms with Gasteiger partial charge in [0.25, 0.3) is 0 Å². The number of ether oxygens (including phenoxy) is 2. The molecule has 2 aromatic carbocycles. The van der Waals surface area contributed by atoms with E-state index in [9.17, 15) is 0 Å². The van der Waals surface area contributed by atoms with Crippen LogP contribution in [-0.4, -0.2) is 74.6 Å². The molecule has 173 valence electrons. The maximum atomic E-state index is 6.06. The Bertz CT molecular complexity index is 1040. The van der Waals surface area contributed by atoms with Crippen LogP contribution in [0.2, 0.25) is 0 Å². The number of piperazine rings is 1. The fraction of sp³-hybridized carbons (Fsp3) is 0.407. The SMILES string of the molecule is [CH2]c1cc2c(cc1OC)C1=NOC(CN3CCN(CC(C)=Cc4ccccc4)CC3)C1CO2. The van der Waals surface area contributed by atoms with Crippen LogP contribution in [0.1, 0.15) is 23.6 Å². The molecule has 3 heterocycles. The summed E-state index contributed by atoms with van der Waals surface area (Å²) in [6.07, 6.45) is 2.30. The van der Waals surface area contributed by atoms with E-state index in [2.05, 4.69) is 65.2 Å². The van der Waals surface area contributed by atoms with Crippen molar-refractivity contribution in [2.75, 3.05) is 53.0 Å². The molecule has 0 aliphatic carbocycles. The standard InChI is InChI=1S/C27H32N3O3/c1-19(13-21-7-5-4-6-8-21)16-29-9-11-30(12-10-29)17-26-23-18-32-25-14-20(2)24(31-3)15-22(25)27(23)28-33-26/h4-8,13-15,23,26H,2,9-12,16-18H2,1,3H3. The topological polar surface area (TPSA) is 46.5 Å². The molecule has 1 saturated heterocycles. The zero-order valence-corrected chi connectivity index (χ0v) is 19.5. The van der Waals surface area contributed by atoms with E-state index < -0.39 is 0 Å². The van der Waals surface area contributed by atoms with Gasteiger partial charge in [-0.3, -0.25) is 9.80 Å². The summed E-state index contributed by atoms with van der Waals surface area (Å²) in [6.45, 7) is 12.9. The molecule has 6 heteroatoms. The summed E-state index contributed by atoms with van der Waals surface area (Å²) in [5.41, 5.74) is 5.41. The molecule has 0 saturated carbocycles. The first-order chi connectivity index (χ1) is 16.1. The van der Waals surface area contributed by atoms with E-state index in [-0.39, 0.29) is 12.0 Å². The van der Waals surface area contributed by atoms with Crippen LogP contribution in [0.5, 0.6) is 11.5 Å². The van der Waals surface area contributed by atoms with E-state index >= 15 is 0 Å². The van der Waals surface area contributed by atoms with Crippen molar-refractivity contribution >= 4 is 11.8 Å². The van der Waals surface area contributed by atoms with Crippen LogP contribution in [0.3, 0.4) is 0 Å². The molecular weight excluding hydrogens is 414 g/mol. The smallest absolute Gasteiger partial charge is 0.151 e. The molecule has 3 aliphatic rings. The highest BCUT2D eigenvalue weighted by molar-refractivity contribution is 6.06. The van der Waals surface area contributed by atoms with Gasteiger partial charge >= 0.3 is 0 Å². The highest BCUT2D eigenvalue weighted by Gasteiger charge is 2.41. The zero-order valence-electron chi connectivity index (χ0n) is 19.5. The van der Waals surface area contributed by atoms with Gasteiger partial charge in [0.2, 0.25) is 0 Å². The monoisotopic (exact) mass is 446 g/mol. The van der Waals surface area contributed by atoms with Crippen molar-refractivity contribution in [3.05, 3.63) is 71.7 Å². The van der Waals surface area contributed by atoms with Crippen molar-refractivity contribution < 1.29 is 14.3 Å². The molecule has 2 unspecified atom stereocenters. The summed E-state index contributed by atoms with van der Waals surface area (Å²) in [4.78, 5) is 10.9. The Morgan fingerprint density at radius 1 is 1.15 bits per heavy atom. The predicted molar refractivity (Wildman–Crippen MR) is 131 cm³/mol. The lowest BCUT2D eigenvalue weighted by molar-refractivity contribution is 0.0101. The van der Waals surface area contributed by atoms with E-state index in [1.54, 1.807) is 7.11 Å². The summed E-state index contributed by atoms with van der Waals surface area (Å²) < 4.78 is 11.5. The highest BCUT2D eigenvalue weighted by atomic mass is 16.6. The first-order valence-corrected chi connectivity index (χ1v) is 11.7. The number of methoxy groups -OCH3 is 1. The molecular formula is C27H32N3O3. The molecule has 6 nitrogen and oxygen atoms in total. The number of oxime groups is 1. The summed E-state index contributed by atoms with van der Waals surface area (Å²) in [7, 11) is 1.66. The van der Waals surface area contributed by atoms with Gasteiger partial charge in [0.05, 0.1) is 13.0 Å². The van der Waals surface area contributed by atoms with E-state index in [1.807, 2.05) is 12.1 Å². The van der Waals surface area contributed by atoms with Gasteiger partial charge in [-0.25, -0.2) is 0 Å². The fourth-order valence-corrected chi connectivity index (χ4v) is 4.95. The predicted octanol–water partition coefficient (Wildman–Crippen LogP) is 3.71. The number of hydrogen-bond donors (Lipinski definition) is 0. The van der Waals surface area contributed by atoms with Crippen molar-refractivity contribution in [2.24, 2.45) is 11.1 Å². The van der Waals surface area contributed by atoms with Gasteiger partial charge in [-0.1, -0.05) is 47.1 Å². The quantitative estimate of drug-likeness (QED) is 0.677.